The van der Waals surface area contributed by atoms with Crippen LogP contribution in [-0.4, -0.2) is 78.6 Å². The van der Waals surface area contributed by atoms with Crippen LogP contribution in [0.2, 0.25) is 0 Å². The number of hydrogen-bond acceptors (Lipinski definition) is 8. The van der Waals surface area contributed by atoms with Crippen LogP contribution in [0.15, 0.2) is 4.99 Å². The van der Waals surface area contributed by atoms with Crippen molar-refractivity contribution in [2.24, 2.45) is 33.7 Å². The molecule has 35 heavy (non-hydrogen) atoms. The highest BCUT2D eigenvalue weighted by molar-refractivity contribution is 5.93. The molecule has 14 heteroatoms. The van der Waals surface area contributed by atoms with E-state index in [-0.39, 0.29) is 12.4 Å². The summed E-state index contributed by atoms with van der Waals surface area (Å²) in [5, 5.41) is 16.9. The Morgan fingerprint density at radius 2 is 1.31 bits per heavy atom. The summed E-state index contributed by atoms with van der Waals surface area (Å²) < 4.78 is 0. The summed E-state index contributed by atoms with van der Waals surface area (Å²) in [6.45, 7) is 2.59. The molecular formula is C21H43N9O5. The highest BCUT2D eigenvalue weighted by Gasteiger charge is 2.28. The molecule has 202 valence electrons. The summed E-state index contributed by atoms with van der Waals surface area (Å²) in [7, 11) is 0. The Hall–Kier alpha value is -2.97. The van der Waals surface area contributed by atoms with Crippen LogP contribution in [0.4, 0.5) is 0 Å². The van der Waals surface area contributed by atoms with Crippen LogP contribution < -0.4 is 44.6 Å². The Balaban J connectivity index is 4.99. The van der Waals surface area contributed by atoms with Crippen molar-refractivity contribution in [2.45, 2.75) is 82.5 Å². The van der Waals surface area contributed by atoms with Crippen LogP contribution >= 0.6 is 0 Å². The van der Waals surface area contributed by atoms with Crippen LogP contribution in [0.1, 0.15) is 58.3 Å². The quantitative estimate of drug-likeness (QED) is 0.0497. The molecule has 4 unspecified atom stereocenters. The number of nitrogens with zero attached hydrogens (tertiary/aromatic N) is 1. The number of hydrogen-bond donors (Lipinski definition) is 9. The number of carbonyl (C=O) groups is 4. The van der Waals surface area contributed by atoms with E-state index >= 15 is 0 Å². The molecule has 3 amide bonds. The number of aliphatic imine (C=N–C) groups is 1. The zero-order valence-electron chi connectivity index (χ0n) is 20.5. The topological polar surface area (TPSA) is 267 Å². The van der Waals surface area contributed by atoms with Gasteiger partial charge in [0.15, 0.2) is 5.96 Å². The molecule has 0 saturated heterocycles. The normalized spacial score (nSPS) is 14.2. The molecule has 0 saturated carbocycles. The Morgan fingerprint density at radius 3 is 1.83 bits per heavy atom. The maximum absolute atomic E-state index is 12.8. The second-order valence-electron chi connectivity index (χ2n) is 8.32. The number of guanidine groups is 1. The number of carbonyl (C=O) groups excluding carboxylic acids is 3. The van der Waals surface area contributed by atoms with Crippen molar-refractivity contribution in [1.82, 2.24) is 16.0 Å². The van der Waals surface area contributed by atoms with E-state index in [2.05, 4.69) is 20.9 Å². The van der Waals surface area contributed by atoms with Crippen LogP contribution in [0.5, 0.6) is 0 Å². The molecule has 0 aromatic rings. The highest BCUT2D eigenvalue weighted by atomic mass is 16.4. The molecule has 14 N–H and O–H groups in total. The van der Waals surface area contributed by atoms with Crippen LogP contribution in [0.3, 0.4) is 0 Å². The standard InChI is InChI=1S/C21H43N9O5/c1-13(17(31)30-16(20(34)35)9-3-5-11-23)28-19(33)15(8-2-4-10-22)29-18(32)14(24)7-6-12-27-21(25)26/h13-16H,2-12,22-24H2,1H3,(H,28,33)(H,29,32)(H,30,31)(H,34,35)(H4,25,26,27). The maximum Gasteiger partial charge on any atom is 0.326 e. The summed E-state index contributed by atoms with van der Waals surface area (Å²) in [6, 6.07) is -3.93. The second kappa shape index (κ2) is 18.4. The molecule has 0 bridgehead atoms. The van der Waals surface area contributed by atoms with Gasteiger partial charge in [0.2, 0.25) is 17.7 Å². The Labute approximate surface area is 206 Å². The van der Waals surface area contributed by atoms with Crippen molar-refractivity contribution in [3.63, 3.8) is 0 Å². The average molecular weight is 502 g/mol. The van der Waals surface area contributed by atoms with Crippen molar-refractivity contribution in [2.75, 3.05) is 19.6 Å². The minimum absolute atomic E-state index is 0.0527. The van der Waals surface area contributed by atoms with E-state index in [1.165, 1.54) is 6.92 Å². The van der Waals surface area contributed by atoms with Crippen molar-refractivity contribution < 1.29 is 24.3 Å². The number of carboxylic acids is 1. The molecule has 0 rings (SSSR count). The number of amides is 3. The van der Waals surface area contributed by atoms with Gasteiger partial charge in [0.25, 0.3) is 0 Å². The molecule has 0 aliphatic rings. The molecule has 0 aromatic heterocycles. The molecule has 0 spiro atoms. The SMILES string of the molecule is CC(NC(=O)C(CCCCN)NC(=O)C(N)CCCN=C(N)N)C(=O)NC(CCCCN)C(=O)O. The van der Waals surface area contributed by atoms with Crippen molar-refractivity contribution in [3.8, 4) is 0 Å². The van der Waals surface area contributed by atoms with Crippen molar-refractivity contribution >= 4 is 29.7 Å². The Kier molecular flexibility index (Phi) is 16.8. The first kappa shape index (κ1) is 32.0. The van der Waals surface area contributed by atoms with Gasteiger partial charge in [-0.3, -0.25) is 19.4 Å². The molecule has 0 aliphatic carbocycles. The van der Waals surface area contributed by atoms with Gasteiger partial charge in [0, 0.05) is 6.54 Å². The second-order valence-corrected chi connectivity index (χ2v) is 8.32. The fourth-order valence-corrected chi connectivity index (χ4v) is 3.12. The lowest BCUT2D eigenvalue weighted by Gasteiger charge is -2.23. The fourth-order valence-electron chi connectivity index (χ4n) is 3.12. The van der Waals surface area contributed by atoms with Gasteiger partial charge in [0.1, 0.15) is 18.1 Å². The first-order chi connectivity index (χ1) is 16.5. The third-order valence-corrected chi connectivity index (χ3v) is 5.20. The number of carboxylic acid groups (broad SMARTS) is 1. The summed E-state index contributed by atoms with van der Waals surface area (Å²) in [5.74, 6) is -2.98. The van der Waals surface area contributed by atoms with Crippen molar-refractivity contribution in [1.29, 1.82) is 0 Å². The van der Waals surface area contributed by atoms with Gasteiger partial charge in [-0.25, -0.2) is 4.79 Å². The summed E-state index contributed by atoms with van der Waals surface area (Å²) >= 11 is 0. The van der Waals surface area contributed by atoms with E-state index in [9.17, 15) is 24.3 Å². The van der Waals surface area contributed by atoms with E-state index < -0.39 is 47.9 Å². The van der Waals surface area contributed by atoms with E-state index in [4.69, 9.17) is 28.7 Å². The van der Waals surface area contributed by atoms with Gasteiger partial charge < -0.3 is 49.7 Å². The molecule has 0 aromatic carbocycles. The first-order valence-electron chi connectivity index (χ1n) is 11.9. The predicted octanol–water partition coefficient (Wildman–Crippen LogP) is -2.82. The molecular weight excluding hydrogens is 458 g/mol. The van der Waals surface area contributed by atoms with Crippen molar-refractivity contribution in [3.05, 3.63) is 0 Å². The lowest BCUT2D eigenvalue weighted by atomic mass is 10.1. The van der Waals surface area contributed by atoms with Gasteiger partial charge in [0.05, 0.1) is 6.04 Å². The molecule has 0 fully saturated rings. The van der Waals surface area contributed by atoms with Gasteiger partial charge in [-0.1, -0.05) is 0 Å². The van der Waals surface area contributed by atoms with Gasteiger partial charge in [-0.15, -0.1) is 0 Å². The fraction of sp³-hybridized carbons (Fsp3) is 0.762. The number of aliphatic carboxylic acids is 1. The van der Waals surface area contributed by atoms with Crippen LogP contribution in [0.25, 0.3) is 0 Å². The zero-order valence-corrected chi connectivity index (χ0v) is 20.5. The third kappa shape index (κ3) is 14.8. The number of rotatable bonds is 19. The molecule has 0 aliphatic heterocycles. The van der Waals surface area contributed by atoms with Gasteiger partial charge in [-0.05, 0) is 71.4 Å². The van der Waals surface area contributed by atoms with E-state index in [0.29, 0.717) is 64.6 Å². The molecule has 0 radical (unpaired) electrons. The lowest BCUT2D eigenvalue weighted by molar-refractivity contribution is -0.142. The van der Waals surface area contributed by atoms with Gasteiger partial charge >= 0.3 is 5.97 Å². The number of nitrogens with two attached hydrogens (primary N) is 5. The van der Waals surface area contributed by atoms with E-state index in [1.807, 2.05) is 0 Å². The Bertz CT molecular complexity index is 701. The highest BCUT2D eigenvalue weighted by Crippen LogP contribution is 2.05. The number of nitrogens with one attached hydrogen (secondary N) is 3. The molecule has 14 nitrogen and oxygen atoms in total. The largest absolute Gasteiger partial charge is 0.480 e. The minimum atomic E-state index is -1.17. The minimum Gasteiger partial charge on any atom is -0.480 e. The molecule has 4 atom stereocenters. The third-order valence-electron chi connectivity index (χ3n) is 5.20. The van der Waals surface area contributed by atoms with Crippen LogP contribution in [0, 0.1) is 0 Å². The predicted molar refractivity (Wildman–Crippen MR) is 133 cm³/mol. The first-order valence-corrected chi connectivity index (χ1v) is 11.9. The average Bonchev–Trinajstić information content (AvgIpc) is 2.79. The number of unbranched alkanes of at least 4 members (excludes halogenated alkanes) is 2. The maximum atomic E-state index is 12.8. The summed E-state index contributed by atoms with van der Waals surface area (Å²) in [6.07, 6.45) is 3.67. The smallest absolute Gasteiger partial charge is 0.326 e. The van der Waals surface area contributed by atoms with Crippen LogP contribution in [-0.2, 0) is 19.2 Å². The zero-order chi connectivity index (χ0) is 26.8. The van der Waals surface area contributed by atoms with E-state index in [1.54, 1.807) is 0 Å². The Morgan fingerprint density at radius 1 is 0.771 bits per heavy atom. The van der Waals surface area contributed by atoms with Gasteiger partial charge in [-0.2, -0.15) is 0 Å². The lowest BCUT2D eigenvalue weighted by Crippen LogP contribution is -2.56. The summed E-state index contributed by atoms with van der Waals surface area (Å²) in [4.78, 5) is 53.0. The molecule has 0 heterocycles. The monoisotopic (exact) mass is 501 g/mol. The van der Waals surface area contributed by atoms with E-state index in [0.717, 1.165) is 0 Å². The summed E-state index contributed by atoms with van der Waals surface area (Å²) in [5.41, 5.74) is 27.4.